The van der Waals surface area contributed by atoms with Gasteiger partial charge in [-0.3, -0.25) is 4.79 Å². The first kappa shape index (κ1) is 22.7. The molecule has 0 aliphatic rings. The summed E-state index contributed by atoms with van der Waals surface area (Å²) in [6.45, 7) is 0.526. The molecule has 0 spiro atoms. The third-order valence-corrected chi connectivity index (χ3v) is 6.01. The van der Waals surface area contributed by atoms with Gasteiger partial charge in [0.1, 0.15) is 12.1 Å². The fourth-order valence-corrected chi connectivity index (χ4v) is 4.23. The highest BCUT2D eigenvalue weighted by Crippen LogP contribution is 2.24. The maximum absolute atomic E-state index is 14.1. The van der Waals surface area contributed by atoms with Crippen molar-refractivity contribution in [2.24, 2.45) is 0 Å². The lowest BCUT2D eigenvalue weighted by molar-refractivity contribution is 0.492. The van der Waals surface area contributed by atoms with Crippen molar-refractivity contribution in [3.8, 4) is 0 Å². The largest absolute Gasteiger partial charge is 0.327 e. The molecule has 0 atom stereocenters. The Bertz CT molecular complexity index is 1300. The molecule has 0 saturated carbocycles. The molecule has 0 aliphatic carbocycles. The Labute approximate surface area is 192 Å². The lowest BCUT2D eigenvalue weighted by Crippen LogP contribution is -2.20. The van der Waals surface area contributed by atoms with Crippen LogP contribution in [0.15, 0.2) is 77.3 Å². The number of aromatic nitrogens is 4. The van der Waals surface area contributed by atoms with E-state index in [4.69, 9.17) is 0 Å². The topological polar surface area (TPSA) is 60.7 Å². The number of benzene rings is 2. The van der Waals surface area contributed by atoms with Crippen molar-refractivity contribution in [2.75, 3.05) is 0 Å². The van der Waals surface area contributed by atoms with Crippen LogP contribution in [0, 0.1) is 17.5 Å². The molecule has 2 aromatic heterocycles. The number of aryl methyl sites for hydroxylation is 2. The van der Waals surface area contributed by atoms with Crippen LogP contribution in [0.1, 0.15) is 22.3 Å². The molecule has 0 amide bonds. The van der Waals surface area contributed by atoms with Crippen molar-refractivity contribution in [2.45, 2.75) is 30.3 Å². The van der Waals surface area contributed by atoms with Crippen LogP contribution in [0.4, 0.5) is 13.2 Å². The van der Waals surface area contributed by atoms with Crippen molar-refractivity contribution in [1.82, 2.24) is 19.5 Å². The van der Waals surface area contributed by atoms with Crippen molar-refractivity contribution < 1.29 is 13.2 Å². The molecule has 0 radical (unpaired) electrons. The smallest absolute Gasteiger partial charge is 0.277 e. The lowest BCUT2D eigenvalue weighted by Gasteiger charge is -2.14. The Kier molecular flexibility index (Phi) is 7.19. The van der Waals surface area contributed by atoms with Crippen molar-refractivity contribution >= 4 is 11.8 Å². The second-order valence-corrected chi connectivity index (χ2v) is 8.30. The Morgan fingerprint density at radius 2 is 1.61 bits per heavy atom. The van der Waals surface area contributed by atoms with Gasteiger partial charge in [-0.25, -0.2) is 23.1 Å². The molecule has 5 nitrogen and oxygen atoms in total. The van der Waals surface area contributed by atoms with E-state index in [0.29, 0.717) is 36.2 Å². The van der Waals surface area contributed by atoms with E-state index in [1.165, 1.54) is 6.33 Å². The highest BCUT2D eigenvalue weighted by molar-refractivity contribution is 7.98. The maximum atomic E-state index is 14.1. The number of nitrogens with zero attached hydrogens (tertiary/aromatic N) is 4. The summed E-state index contributed by atoms with van der Waals surface area (Å²) >= 11 is 1.09. The predicted molar refractivity (Wildman–Crippen MR) is 119 cm³/mol. The SMILES string of the molecule is O=c1nc(SCc2cc(F)c(F)cc2F)n(CCc2ccccc2)cc1Cc1cncnc1. The van der Waals surface area contributed by atoms with Gasteiger partial charge in [0, 0.05) is 54.5 Å². The van der Waals surface area contributed by atoms with Crippen LogP contribution in [-0.4, -0.2) is 19.5 Å². The quantitative estimate of drug-likeness (QED) is 0.215. The number of halogens is 3. The van der Waals surface area contributed by atoms with Gasteiger partial charge in [-0.1, -0.05) is 42.1 Å². The second-order valence-electron chi connectivity index (χ2n) is 7.35. The van der Waals surface area contributed by atoms with Crippen LogP contribution in [0.25, 0.3) is 0 Å². The zero-order valence-electron chi connectivity index (χ0n) is 17.4. The molecular weight excluding hydrogens is 449 g/mol. The number of hydrogen-bond acceptors (Lipinski definition) is 5. The fraction of sp³-hybridized carbons (Fsp3) is 0.167. The van der Waals surface area contributed by atoms with E-state index < -0.39 is 23.0 Å². The molecule has 4 rings (SSSR count). The maximum Gasteiger partial charge on any atom is 0.277 e. The average molecular weight is 469 g/mol. The van der Waals surface area contributed by atoms with Crippen LogP contribution in [0.2, 0.25) is 0 Å². The molecule has 0 saturated heterocycles. The zero-order chi connectivity index (χ0) is 23.2. The normalized spacial score (nSPS) is 11.0. The number of rotatable bonds is 8. The van der Waals surface area contributed by atoms with E-state index in [2.05, 4.69) is 15.0 Å². The molecule has 33 heavy (non-hydrogen) atoms. The first-order valence-electron chi connectivity index (χ1n) is 10.1. The van der Waals surface area contributed by atoms with Gasteiger partial charge in [-0.2, -0.15) is 4.98 Å². The number of hydrogen-bond donors (Lipinski definition) is 0. The Morgan fingerprint density at radius 1 is 0.879 bits per heavy atom. The molecule has 0 bridgehead atoms. The highest BCUT2D eigenvalue weighted by Gasteiger charge is 2.14. The van der Waals surface area contributed by atoms with Crippen LogP contribution in [0.5, 0.6) is 0 Å². The van der Waals surface area contributed by atoms with Gasteiger partial charge in [0.25, 0.3) is 5.56 Å². The Morgan fingerprint density at radius 3 is 2.36 bits per heavy atom. The molecule has 9 heteroatoms. The average Bonchev–Trinajstić information content (AvgIpc) is 2.82. The van der Waals surface area contributed by atoms with Crippen LogP contribution in [-0.2, 0) is 25.1 Å². The predicted octanol–water partition coefficient (Wildman–Crippen LogP) is 4.58. The molecule has 0 N–H and O–H groups in total. The third kappa shape index (κ3) is 5.87. The fourth-order valence-electron chi connectivity index (χ4n) is 3.27. The molecule has 0 unspecified atom stereocenters. The summed E-state index contributed by atoms with van der Waals surface area (Å²) in [7, 11) is 0. The third-order valence-electron chi connectivity index (χ3n) is 4.97. The minimum Gasteiger partial charge on any atom is -0.327 e. The summed E-state index contributed by atoms with van der Waals surface area (Å²) in [6, 6.07) is 11.2. The van der Waals surface area contributed by atoms with E-state index in [-0.39, 0.29) is 11.3 Å². The zero-order valence-corrected chi connectivity index (χ0v) is 18.2. The van der Waals surface area contributed by atoms with Gasteiger partial charge in [0.2, 0.25) is 0 Å². The van der Waals surface area contributed by atoms with Crippen molar-refractivity contribution in [1.29, 1.82) is 0 Å². The van der Waals surface area contributed by atoms with Crippen molar-refractivity contribution in [3.63, 3.8) is 0 Å². The summed E-state index contributed by atoms with van der Waals surface area (Å²) in [6.07, 6.45) is 7.42. The van der Waals surface area contributed by atoms with Crippen LogP contribution >= 0.6 is 11.8 Å². The summed E-state index contributed by atoms with van der Waals surface area (Å²) in [5.41, 5.74) is 1.93. The second kappa shape index (κ2) is 10.4. The first-order chi connectivity index (χ1) is 16.0. The van der Waals surface area contributed by atoms with Gasteiger partial charge in [-0.15, -0.1) is 0 Å². The minimum atomic E-state index is -1.24. The van der Waals surface area contributed by atoms with Gasteiger partial charge in [0.15, 0.2) is 16.8 Å². The monoisotopic (exact) mass is 468 g/mol. The summed E-state index contributed by atoms with van der Waals surface area (Å²) < 4.78 is 42.7. The van der Waals surface area contributed by atoms with E-state index in [1.54, 1.807) is 18.6 Å². The number of thioether (sulfide) groups is 1. The molecule has 2 aromatic carbocycles. The Balaban J connectivity index is 1.61. The molecule has 168 valence electrons. The molecule has 0 fully saturated rings. The van der Waals surface area contributed by atoms with E-state index in [1.807, 2.05) is 34.9 Å². The van der Waals surface area contributed by atoms with E-state index >= 15 is 0 Å². The first-order valence-corrected chi connectivity index (χ1v) is 11.1. The summed E-state index contributed by atoms with van der Waals surface area (Å²) in [5, 5.41) is 0.369. The van der Waals surface area contributed by atoms with E-state index in [0.717, 1.165) is 29.0 Å². The standard InChI is InChI=1S/C24H19F3N4OS/c25-20-10-22(27)21(26)9-19(20)14-33-24-30-23(32)18(8-17-11-28-15-29-12-17)13-31(24)7-6-16-4-2-1-3-5-16/h1-5,9-13,15H,6-8,14H2. The molecule has 0 aliphatic heterocycles. The molecular formula is C24H19F3N4OS. The van der Waals surface area contributed by atoms with Gasteiger partial charge >= 0.3 is 0 Å². The van der Waals surface area contributed by atoms with Gasteiger partial charge in [0.05, 0.1) is 0 Å². The molecule has 2 heterocycles. The van der Waals surface area contributed by atoms with Crippen molar-refractivity contribution in [3.05, 3.63) is 117 Å². The van der Waals surface area contributed by atoms with E-state index in [9.17, 15) is 18.0 Å². The van der Waals surface area contributed by atoms with Gasteiger partial charge < -0.3 is 4.57 Å². The highest BCUT2D eigenvalue weighted by atomic mass is 32.2. The lowest BCUT2D eigenvalue weighted by atomic mass is 10.1. The molecule has 4 aromatic rings. The minimum absolute atomic E-state index is 0.00623. The van der Waals surface area contributed by atoms with Gasteiger partial charge in [-0.05, 0) is 23.6 Å². The van der Waals surface area contributed by atoms with Crippen LogP contribution < -0.4 is 5.56 Å². The van der Waals surface area contributed by atoms with Crippen LogP contribution in [0.3, 0.4) is 0 Å². The summed E-state index contributed by atoms with van der Waals surface area (Å²) in [5.74, 6) is -3.22. The summed E-state index contributed by atoms with van der Waals surface area (Å²) in [4.78, 5) is 24.8. The Hall–Kier alpha value is -3.46.